The van der Waals surface area contributed by atoms with Gasteiger partial charge in [0.2, 0.25) is 0 Å². The molecule has 3 aromatic rings. The third-order valence-electron chi connectivity index (χ3n) is 4.22. The van der Waals surface area contributed by atoms with E-state index < -0.39 is 0 Å². The number of ether oxygens (including phenoxy) is 1. The van der Waals surface area contributed by atoms with E-state index in [4.69, 9.17) is 9.72 Å². The molecule has 4 nitrogen and oxygen atoms in total. The molecule has 0 atom stereocenters. The summed E-state index contributed by atoms with van der Waals surface area (Å²) in [4.78, 5) is 18.5. The smallest absolute Gasteiger partial charge is 0.257 e. The number of carbonyl (C=O) groups is 1. The molecule has 0 fully saturated rings. The van der Waals surface area contributed by atoms with Gasteiger partial charge in [0.25, 0.3) is 5.91 Å². The van der Waals surface area contributed by atoms with Gasteiger partial charge in [0.05, 0.1) is 12.3 Å². The van der Waals surface area contributed by atoms with Crippen molar-refractivity contribution >= 4 is 22.4 Å². The molecule has 5 heteroatoms. The number of amides is 1. The lowest BCUT2D eigenvalue weighted by Crippen LogP contribution is -2.12. The molecule has 0 saturated carbocycles. The summed E-state index contributed by atoms with van der Waals surface area (Å²) in [7, 11) is 0. The van der Waals surface area contributed by atoms with E-state index in [0.29, 0.717) is 17.3 Å². The van der Waals surface area contributed by atoms with E-state index in [0.717, 1.165) is 35.4 Å². The topological polar surface area (TPSA) is 51.2 Å². The van der Waals surface area contributed by atoms with E-state index in [-0.39, 0.29) is 5.91 Å². The van der Waals surface area contributed by atoms with E-state index >= 15 is 0 Å². The number of aromatic nitrogens is 1. The minimum Gasteiger partial charge on any atom is -0.494 e. The van der Waals surface area contributed by atoms with E-state index in [2.05, 4.69) is 12.2 Å². The van der Waals surface area contributed by atoms with Gasteiger partial charge in [-0.15, -0.1) is 11.3 Å². The van der Waals surface area contributed by atoms with Crippen LogP contribution < -0.4 is 10.1 Å². The first-order valence-corrected chi connectivity index (χ1v) is 10.0. The van der Waals surface area contributed by atoms with Crippen LogP contribution in [0.1, 0.15) is 41.1 Å². The Hall–Kier alpha value is -2.66. The van der Waals surface area contributed by atoms with Crippen LogP contribution in [0, 0.1) is 6.92 Å². The summed E-state index contributed by atoms with van der Waals surface area (Å²) < 4.78 is 5.52. The van der Waals surface area contributed by atoms with Crippen LogP contribution in [0.2, 0.25) is 0 Å². The van der Waals surface area contributed by atoms with Gasteiger partial charge >= 0.3 is 0 Å². The number of hydrogen-bond donors (Lipinski definition) is 1. The fourth-order valence-electron chi connectivity index (χ4n) is 2.90. The van der Waals surface area contributed by atoms with Crippen molar-refractivity contribution in [3.8, 4) is 17.0 Å². The molecule has 140 valence electrons. The third kappa shape index (κ3) is 4.55. The molecular formula is C22H24N2O2S. The molecule has 0 bridgehead atoms. The van der Waals surface area contributed by atoms with Crippen molar-refractivity contribution in [1.82, 2.24) is 4.98 Å². The molecule has 1 N–H and O–H groups in total. The van der Waals surface area contributed by atoms with E-state index in [1.54, 1.807) is 11.3 Å². The zero-order chi connectivity index (χ0) is 19.2. The second kappa shape index (κ2) is 8.82. The molecule has 0 spiro atoms. The predicted octanol–water partition coefficient (Wildman–Crippen LogP) is 5.72. The molecule has 3 rings (SSSR count). The summed E-state index contributed by atoms with van der Waals surface area (Å²) in [6.45, 7) is 6.70. The maximum absolute atomic E-state index is 12.6. The van der Waals surface area contributed by atoms with Crippen LogP contribution in [0.3, 0.4) is 0 Å². The first-order chi connectivity index (χ1) is 13.1. The van der Waals surface area contributed by atoms with Crippen LogP contribution in [0.15, 0.2) is 48.5 Å². The largest absolute Gasteiger partial charge is 0.494 e. The average molecular weight is 381 g/mol. The Bertz CT molecular complexity index is 916. The van der Waals surface area contributed by atoms with Crippen molar-refractivity contribution in [1.29, 1.82) is 0 Å². The van der Waals surface area contributed by atoms with E-state index in [9.17, 15) is 4.79 Å². The van der Waals surface area contributed by atoms with Gasteiger partial charge in [0, 0.05) is 16.0 Å². The number of anilines is 1. The predicted molar refractivity (Wildman–Crippen MR) is 112 cm³/mol. The molecule has 1 amide bonds. The summed E-state index contributed by atoms with van der Waals surface area (Å²) >= 11 is 1.55. The minimum atomic E-state index is -0.122. The highest BCUT2D eigenvalue weighted by molar-refractivity contribution is 7.16. The van der Waals surface area contributed by atoms with E-state index in [1.165, 1.54) is 4.88 Å². The van der Waals surface area contributed by atoms with Crippen molar-refractivity contribution in [3.05, 3.63) is 64.5 Å². The van der Waals surface area contributed by atoms with Crippen LogP contribution in [-0.2, 0) is 6.42 Å². The Kier molecular flexibility index (Phi) is 6.24. The molecule has 2 aromatic carbocycles. The third-order valence-corrected chi connectivity index (χ3v) is 5.25. The monoisotopic (exact) mass is 380 g/mol. The molecule has 0 aliphatic rings. The quantitative estimate of drug-likeness (QED) is 0.570. The summed E-state index contributed by atoms with van der Waals surface area (Å²) in [5.41, 5.74) is 3.60. The highest BCUT2D eigenvalue weighted by Gasteiger charge is 2.16. The van der Waals surface area contributed by atoms with Crippen molar-refractivity contribution in [2.24, 2.45) is 0 Å². The van der Waals surface area contributed by atoms with Gasteiger partial charge in [-0.3, -0.25) is 10.1 Å². The first-order valence-electron chi connectivity index (χ1n) is 9.22. The molecular weight excluding hydrogens is 356 g/mol. The standard InChI is InChI=1S/C22H24N2O2S/c1-4-8-19-20(16-11-13-17(14-12-16)26-5-2)23-22(27-19)24-21(25)18-10-7-6-9-15(18)3/h6-7,9-14H,4-5,8H2,1-3H3,(H,23,24,25). The second-order valence-corrected chi connectivity index (χ2v) is 7.35. The van der Waals surface area contributed by atoms with Gasteiger partial charge in [-0.2, -0.15) is 0 Å². The van der Waals surface area contributed by atoms with Crippen molar-refractivity contribution in [3.63, 3.8) is 0 Å². The molecule has 0 aliphatic carbocycles. The van der Waals surface area contributed by atoms with Gasteiger partial charge in [-0.05, 0) is 56.2 Å². The van der Waals surface area contributed by atoms with Crippen LogP contribution in [0.4, 0.5) is 5.13 Å². The van der Waals surface area contributed by atoms with Gasteiger partial charge in [0.1, 0.15) is 5.75 Å². The minimum absolute atomic E-state index is 0.122. The number of hydrogen-bond acceptors (Lipinski definition) is 4. The number of rotatable bonds is 7. The average Bonchev–Trinajstić information content (AvgIpc) is 3.05. The van der Waals surface area contributed by atoms with Crippen LogP contribution >= 0.6 is 11.3 Å². The lowest BCUT2D eigenvalue weighted by atomic mass is 10.1. The summed E-state index contributed by atoms with van der Waals surface area (Å²) in [6, 6.07) is 15.5. The van der Waals surface area contributed by atoms with Crippen molar-refractivity contribution in [2.45, 2.75) is 33.6 Å². The molecule has 1 heterocycles. The summed E-state index contributed by atoms with van der Waals surface area (Å²) in [5, 5.41) is 3.60. The molecule has 0 saturated heterocycles. The van der Waals surface area contributed by atoms with Gasteiger partial charge in [-0.25, -0.2) is 4.98 Å². The molecule has 1 aromatic heterocycles. The number of benzene rings is 2. The molecule has 0 unspecified atom stereocenters. The van der Waals surface area contributed by atoms with Gasteiger partial charge in [0.15, 0.2) is 5.13 Å². The lowest BCUT2D eigenvalue weighted by molar-refractivity contribution is 0.102. The zero-order valence-corrected chi connectivity index (χ0v) is 16.7. The SMILES string of the molecule is CCCc1sc(NC(=O)c2ccccc2C)nc1-c1ccc(OCC)cc1. The Morgan fingerprint density at radius 2 is 1.85 bits per heavy atom. The number of aryl methyl sites for hydroxylation is 2. The highest BCUT2D eigenvalue weighted by atomic mass is 32.1. The second-order valence-electron chi connectivity index (χ2n) is 6.27. The fraction of sp³-hybridized carbons (Fsp3) is 0.273. The maximum atomic E-state index is 12.6. The highest BCUT2D eigenvalue weighted by Crippen LogP contribution is 2.33. The maximum Gasteiger partial charge on any atom is 0.257 e. The van der Waals surface area contributed by atoms with Crippen LogP contribution in [0.25, 0.3) is 11.3 Å². The van der Waals surface area contributed by atoms with Crippen molar-refractivity contribution < 1.29 is 9.53 Å². The number of nitrogens with zero attached hydrogens (tertiary/aromatic N) is 1. The Morgan fingerprint density at radius 3 is 2.52 bits per heavy atom. The van der Waals surface area contributed by atoms with Crippen LogP contribution in [0.5, 0.6) is 5.75 Å². The molecule has 27 heavy (non-hydrogen) atoms. The number of carbonyl (C=O) groups excluding carboxylic acids is 1. The van der Waals surface area contributed by atoms with Gasteiger partial charge < -0.3 is 4.74 Å². The Morgan fingerprint density at radius 1 is 1.11 bits per heavy atom. The summed E-state index contributed by atoms with van der Waals surface area (Å²) in [6.07, 6.45) is 1.96. The number of thiazole rings is 1. The summed E-state index contributed by atoms with van der Waals surface area (Å²) in [5.74, 6) is 0.727. The Labute approximate surface area is 164 Å². The Balaban J connectivity index is 1.86. The van der Waals surface area contributed by atoms with Crippen LogP contribution in [-0.4, -0.2) is 17.5 Å². The molecule has 0 aliphatic heterocycles. The zero-order valence-electron chi connectivity index (χ0n) is 15.9. The fourth-order valence-corrected chi connectivity index (χ4v) is 3.98. The van der Waals surface area contributed by atoms with E-state index in [1.807, 2.05) is 62.4 Å². The lowest BCUT2D eigenvalue weighted by Gasteiger charge is -2.05. The van der Waals surface area contributed by atoms with Gasteiger partial charge in [-0.1, -0.05) is 31.5 Å². The number of nitrogens with one attached hydrogen (secondary N) is 1. The first kappa shape index (κ1) is 19.1. The normalized spacial score (nSPS) is 10.6. The molecule has 0 radical (unpaired) electrons. The van der Waals surface area contributed by atoms with Crippen molar-refractivity contribution in [2.75, 3.05) is 11.9 Å².